The van der Waals surface area contributed by atoms with Crippen LogP contribution in [0.4, 0.5) is 0 Å². The highest BCUT2D eigenvalue weighted by Gasteiger charge is 2.45. The minimum absolute atomic E-state index is 0.0446. The Morgan fingerprint density at radius 2 is 2.40 bits per heavy atom. The van der Waals surface area contributed by atoms with Crippen molar-refractivity contribution in [3.8, 4) is 0 Å². The van der Waals surface area contributed by atoms with E-state index in [9.17, 15) is 0 Å². The second-order valence-electron chi connectivity index (χ2n) is 3.92. The summed E-state index contributed by atoms with van der Waals surface area (Å²) in [6.07, 6.45) is 0. The predicted octanol–water partition coefficient (Wildman–Crippen LogP) is 1.64. The highest BCUT2D eigenvalue weighted by Crippen LogP contribution is 2.42. The molecule has 2 rings (SSSR count). The molecule has 2 heterocycles. The molecule has 5 heteroatoms. The van der Waals surface area contributed by atoms with Crippen LogP contribution < -0.4 is 11.1 Å². The maximum absolute atomic E-state index is 5.94. The molecule has 1 fully saturated rings. The van der Waals surface area contributed by atoms with E-state index < -0.39 is 0 Å². The van der Waals surface area contributed by atoms with E-state index in [0.717, 1.165) is 17.6 Å². The number of halogens is 1. The van der Waals surface area contributed by atoms with Crippen molar-refractivity contribution in [2.45, 2.75) is 6.04 Å². The average Bonchev–Trinajstić information content (AvgIpc) is 2.58. The van der Waals surface area contributed by atoms with Gasteiger partial charge in [-0.3, -0.25) is 0 Å². The molecule has 1 aromatic heterocycles. The first kappa shape index (κ1) is 11.4. The topological polar surface area (TPSA) is 47.3 Å². The quantitative estimate of drug-likeness (QED) is 0.849. The Bertz CT molecular complexity index is 332. The second-order valence-corrected chi connectivity index (χ2v) is 5.67. The largest absolute Gasteiger partial charge is 0.380 e. The Hall–Kier alpha value is -0.130. The van der Waals surface area contributed by atoms with Gasteiger partial charge in [-0.15, -0.1) is 11.3 Å². The van der Waals surface area contributed by atoms with E-state index in [4.69, 9.17) is 22.1 Å². The van der Waals surface area contributed by atoms with E-state index in [1.807, 2.05) is 13.1 Å². The van der Waals surface area contributed by atoms with Gasteiger partial charge in [0, 0.05) is 16.8 Å². The summed E-state index contributed by atoms with van der Waals surface area (Å²) >= 11 is 7.55. The Kier molecular flexibility index (Phi) is 3.33. The molecular weight excluding hydrogens is 232 g/mol. The van der Waals surface area contributed by atoms with Gasteiger partial charge in [-0.05, 0) is 19.2 Å². The minimum Gasteiger partial charge on any atom is -0.380 e. The van der Waals surface area contributed by atoms with Crippen LogP contribution in [0.5, 0.6) is 0 Å². The predicted molar refractivity (Wildman–Crippen MR) is 63.4 cm³/mol. The summed E-state index contributed by atoms with van der Waals surface area (Å²) in [5, 5.41) is 3.32. The van der Waals surface area contributed by atoms with Crippen LogP contribution in [-0.4, -0.2) is 26.8 Å². The second kappa shape index (κ2) is 4.39. The van der Waals surface area contributed by atoms with Gasteiger partial charge in [0.25, 0.3) is 0 Å². The zero-order valence-electron chi connectivity index (χ0n) is 8.63. The molecule has 1 aliphatic heterocycles. The Balaban J connectivity index is 2.23. The van der Waals surface area contributed by atoms with Crippen molar-refractivity contribution in [2.24, 2.45) is 11.1 Å². The van der Waals surface area contributed by atoms with Crippen LogP contribution in [-0.2, 0) is 4.74 Å². The van der Waals surface area contributed by atoms with Gasteiger partial charge in [-0.1, -0.05) is 11.6 Å². The number of ether oxygens (including phenoxy) is 1. The molecule has 15 heavy (non-hydrogen) atoms. The monoisotopic (exact) mass is 246 g/mol. The Morgan fingerprint density at radius 3 is 2.73 bits per heavy atom. The van der Waals surface area contributed by atoms with Gasteiger partial charge in [-0.25, -0.2) is 0 Å². The molecule has 84 valence electrons. The van der Waals surface area contributed by atoms with Crippen molar-refractivity contribution in [3.63, 3.8) is 0 Å². The van der Waals surface area contributed by atoms with Crippen molar-refractivity contribution in [1.29, 1.82) is 0 Å². The average molecular weight is 247 g/mol. The minimum atomic E-state index is 0.0446. The third kappa shape index (κ3) is 1.92. The molecule has 3 nitrogen and oxygen atoms in total. The standard InChI is InChI=1S/C10H15ClN2OS/c1-13-9(7-2-3-8(11)15-7)10(4-12)5-14-6-10/h2-3,9,13H,4-6,12H2,1H3. The van der Waals surface area contributed by atoms with Crippen molar-refractivity contribution in [2.75, 3.05) is 26.8 Å². The zero-order chi connectivity index (χ0) is 10.9. The summed E-state index contributed by atoms with van der Waals surface area (Å²) in [5.74, 6) is 0. The first-order chi connectivity index (χ1) is 7.22. The number of rotatable bonds is 4. The van der Waals surface area contributed by atoms with Crippen LogP contribution in [0.3, 0.4) is 0 Å². The first-order valence-corrected chi connectivity index (χ1v) is 6.11. The summed E-state index contributed by atoms with van der Waals surface area (Å²) in [7, 11) is 1.95. The van der Waals surface area contributed by atoms with Crippen LogP contribution in [0.2, 0.25) is 4.34 Å². The number of thiophene rings is 1. The lowest BCUT2D eigenvalue weighted by molar-refractivity contribution is -0.126. The van der Waals surface area contributed by atoms with Crippen molar-refractivity contribution < 1.29 is 4.74 Å². The molecule has 3 N–H and O–H groups in total. The van der Waals surface area contributed by atoms with Crippen molar-refractivity contribution in [1.82, 2.24) is 5.32 Å². The van der Waals surface area contributed by atoms with Crippen LogP contribution in [0, 0.1) is 5.41 Å². The van der Waals surface area contributed by atoms with Gasteiger partial charge in [0.15, 0.2) is 0 Å². The fraction of sp³-hybridized carbons (Fsp3) is 0.600. The fourth-order valence-corrected chi connectivity index (χ4v) is 3.31. The number of hydrogen-bond donors (Lipinski definition) is 2. The lowest BCUT2D eigenvalue weighted by Gasteiger charge is -2.46. The molecule has 1 atom stereocenters. The Morgan fingerprint density at radius 1 is 1.67 bits per heavy atom. The normalized spacial score (nSPS) is 21.0. The Labute approximate surface area is 98.6 Å². The van der Waals surface area contributed by atoms with Gasteiger partial charge < -0.3 is 15.8 Å². The highest BCUT2D eigenvalue weighted by atomic mass is 35.5. The van der Waals surface area contributed by atoms with Crippen molar-refractivity contribution in [3.05, 3.63) is 21.3 Å². The molecule has 0 amide bonds. The summed E-state index contributed by atoms with van der Waals surface area (Å²) in [5.41, 5.74) is 5.89. The van der Waals surface area contributed by atoms with E-state index in [2.05, 4.69) is 11.4 Å². The van der Waals surface area contributed by atoms with Gasteiger partial charge in [0.2, 0.25) is 0 Å². The van der Waals surface area contributed by atoms with Crippen molar-refractivity contribution >= 4 is 22.9 Å². The summed E-state index contributed by atoms with van der Waals surface area (Å²) < 4.78 is 6.11. The van der Waals surface area contributed by atoms with Crippen LogP contribution >= 0.6 is 22.9 Å². The van der Waals surface area contributed by atoms with E-state index >= 15 is 0 Å². The lowest BCUT2D eigenvalue weighted by atomic mass is 9.77. The third-order valence-corrected chi connectivity index (χ3v) is 4.26. The molecule has 0 saturated carbocycles. The number of hydrogen-bond acceptors (Lipinski definition) is 4. The third-order valence-electron chi connectivity index (χ3n) is 2.97. The molecule has 0 bridgehead atoms. The molecule has 1 unspecified atom stereocenters. The van der Waals surface area contributed by atoms with E-state index in [1.54, 1.807) is 11.3 Å². The van der Waals surface area contributed by atoms with Gasteiger partial charge in [-0.2, -0.15) is 0 Å². The molecule has 0 spiro atoms. The van der Waals surface area contributed by atoms with Gasteiger partial charge >= 0.3 is 0 Å². The smallest absolute Gasteiger partial charge is 0.0931 e. The number of nitrogens with one attached hydrogen (secondary N) is 1. The van der Waals surface area contributed by atoms with Crippen LogP contribution in [0.25, 0.3) is 0 Å². The van der Waals surface area contributed by atoms with Crippen LogP contribution in [0.15, 0.2) is 12.1 Å². The van der Waals surface area contributed by atoms with E-state index in [0.29, 0.717) is 6.54 Å². The summed E-state index contributed by atoms with van der Waals surface area (Å²) in [6.45, 7) is 2.09. The zero-order valence-corrected chi connectivity index (χ0v) is 10.2. The molecule has 1 aromatic rings. The SMILES string of the molecule is CNC(c1ccc(Cl)s1)C1(CN)COC1. The highest BCUT2D eigenvalue weighted by molar-refractivity contribution is 7.16. The lowest BCUT2D eigenvalue weighted by Crippen LogP contribution is -2.55. The molecule has 0 aliphatic carbocycles. The number of nitrogens with two attached hydrogens (primary N) is 1. The molecule has 0 radical (unpaired) electrons. The maximum atomic E-state index is 5.94. The van der Waals surface area contributed by atoms with Gasteiger partial charge in [0.05, 0.1) is 23.6 Å². The molecule has 1 saturated heterocycles. The summed E-state index contributed by atoms with van der Waals surface area (Å²) in [4.78, 5) is 1.23. The fourth-order valence-electron chi connectivity index (χ4n) is 2.00. The van der Waals surface area contributed by atoms with E-state index in [-0.39, 0.29) is 11.5 Å². The van der Waals surface area contributed by atoms with E-state index in [1.165, 1.54) is 4.88 Å². The van der Waals surface area contributed by atoms with Gasteiger partial charge in [0.1, 0.15) is 0 Å². The molecule has 0 aromatic carbocycles. The first-order valence-electron chi connectivity index (χ1n) is 4.92. The molecular formula is C10H15ClN2OS. The summed E-state index contributed by atoms with van der Waals surface area (Å²) in [6, 6.07) is 4.23. The maximum Gasteiger partial charge on any atom is 0.0931 e. The van der Waals surface area contributed by atoms with Crippen LogP contribution in [0.1, 0.15) is 10.9 Å². The molecule has 1 aliphatic rings.